The van der Waals surface area contributed by atoms with Crippen molar-refractivity contribution in [3.63, 3.8) is 0 Å². The third-order valence-corrected chi connectivity index (χ3v) is 6.67. The van der Waals surface area contributed by atoms with Gasteiger partial charge in [0.15, 0.2) is 0 Å². The Hall–Kier alpha value is -4.52. The van der Waals surface area contributed by atoms with Crippen LogP contribution in [-0.2, 0) is 11.2 Å². The lowest BCUT2D eigenvalue weighted by atomic mass is 10.1. The zero-order valence-electron chi connectivity index (χ0n) is 20.8. The second-order valence-electron chi connectivity index (χ2n) is 9.05. The number of carbonyl (C=O) groups is 2. The molecule has 0 radical (unpaired) electrons. The highest BCUT2D eigenvalue weighted by Gasteiger charge is 2.21. The number of rotatable bonds is 6. The first-order valence-electron chi connectivity index (χ1n) is 12.4. The number of fused-ring (bicyclic) bond motifs is 1. The Morgan fingerprint density at radius 1 is 0.784 bits per heavy atom. The molecule has 7 heteroatoms. The van der Waals surface area contributed by atoms with E-state index in [9.17, 15) is 9.59 Å². The Balaban J connectivity index is 1.12. The molecule has 3 amide bonds. The molecule has 7 nitrogen and oxygen atoms in total. The molecule has 1 fully saturated rings. The molecule has 1 heterocycles. The number of hydrogen-bond acceptors (Lipinski definition) is 4. The van der Waals surface area contributed by atoms with Gasteiger partial charge in [0.2, 0.25) is 5.91 Å². The van der Waals surface area contributed by atoms with Gasteiger partial charge >= 0.3 is 6.03 Å². The van der Waals surface area contributed by atoms with Crippen LogP contribution in [0.5, 0.6) is 5.75 Å². The lowest BCUT2D eigenvalue weighted by Crippen LogP contribution is -2.49. The summed E-state index contributed by atoms with van der Waals surface area (Å²) in [6.45, 7) is 2.90. The van der Waals surface area contributed by atoms with E-state index in [1.165, 1.54) is 0 Å². The SMILES string of the molecule is COc1ccc(CC(=O)N2CCN(c3ccc(NC(=O)Nc4cccc5ccccc45)cc3)CC2)cc1. The zero-order valence-corrected chi connectivity index (χ0v) is 20.8. The predicted octanol–water partition coefficient (Wildman–Crippen LogP) is 5.38. The summed E-state index contributed by atoms with van der Waals surface area (Å²) in [5.74, 6) is 0.929. The Morgan fingerprint density at radius 2 is 1.49 bits per heavy atom. The van der Waals surface area contributed by atoms with Crippen LogP contribution in [0.1, 0.15) is 5.56 Å². The highest BCUT2D eigenvalue weighted by Crippen LogP contribution is 2.24. The molecule has 37 heavy (non-hydrogen) atoms. The second kappa shape index (κ2) is 11.0. The van der Waals surface area contributed by atoms with E-state index in [0.29, 0.717) is 19.5 Å². The summed E-state index contributed by atoms with van der Waals surface area (Å²) in [5, 5.41) is 7.93. The van der Waals surface area contributed by atoms with Gasteiger partial charge in [-0.2, -0.15) is 0 Å². The van der Waals surface area contributed by atoms with Crippen molar-refractivity contribution in [2.24, 2.45) is 0 Å². The van der Waals surface area contributed by atoms with E-state index in [1.807, 2.05) is 95.9 Å². The Bertz CT molecular complexity index is 1370. The van der Waals surface area contributed by atoms with Gasteiger partial charge in [0, 0.05) is 42.9 Å². The molecular weight excluding hydrogens is 464 g/mol. The number of hydrogen-bond donors (Lipinski definition) is 2. The molecule has 0 saturated carbocycles. The minimum atomic E-state index is -0.284. The van der Waals surface area contributed by atoms with Gasteiger partial charge in [0.1, 0.15) is 5.75 Å². The van der Waals surface area contributed by atoms with Crippen molar-refractivity contribution in [3.8, 4) is 5.75 Å². The van der Waals surface area contributed by atoms with Crippen molar-refractivity contribution in [2.45, 2.75) is 6.42 Å². The summed E-state index contributed by atoms with van der Waals surface area (Å²) in [4.78, 5) is 29.5. The predicted molar refractivity (Wildman–Crippen MR) is 149 cm³/mol. The van der Waals surface area contributed by atoms with Gasteiger partial charge < -0.3 is 25.2 Å². The van der Waals surface area contributed by atoms with Crippen LogP contribution in [0.4, 0.5) is 21.9 Å². The Morgan fingerprint density at radius 3 is 2.22 bits per heavy atom. The van der Waals surface area contributed by atoms with Crippen LogP contribution in [0, 0.1) is 0 Å². The number of benzene rings is 4. The molecule has 188 valence electrons. The summed E-state index contributed by atoms with van der Waals surface area (Å²) in [7, 11) is 1.63. The van der Waals surface area contributed by atoms with E-state index in [4.69, 9.17) is 4.74 Å². The molecule has 4 aromatic carbocycles. The topological polar surface area (TPSA) is 73.9 Å². The number of nitrogens with one attached hydrogen (secondary N) is 2. The quantitative estimate of drug-likeness (QED) is 0.377. The molecule has 1 aliphatic rings. The van der Waals surface area contributed by atoms with Crippen LogP contribution >= 0.6 is 0 Å². The van der Waals surface area contributed by atoms with Gasteiger partial charge in [-0.05, 0) is 53.4 Å². The number of methoxy groups -OCH3 is 1. The Kier molecular flexibility index (Phi) is 7.21. The normalized spacial score (nSPS) is 13.3. The highest BCUT2D eigenvalue weighted by atomic mass is 16.5. The number of urea groups is 1. The van der Waals surface area contributed by atoms with Crippen LogP contribution in [0.15, 0.2) is 91.0 Å². The molecule has 4 aromatic rings. The number of piperazine rings is 1. The van der Waals surface area contributed by atoms with Crippen molar-refractivity contribution < 1.29 is 14.3 Å². The molecule has 2 N–H and O–H groups in total. The van der Waals surface area contributed by atoms with Gasteiger partial charge in [0.05, 0.1) is 19.2 Å². The lowest BCUT2D eigenvalue weighted by molar-refractivity contribution is -0.130. The number of anilines is 3. The van der Waals surface area contributed by atoms with Gasteiger partial charge in [0.25, 0.3) is 0 Å². The average Bonchev–Trinajstić information content (AvgIpc) is 2.94. The first kappa shape index (κ1) is 24.2. The van der Waals surface area contributed by atoms with Crippen LogP contribution in [0.25, 0.3) is 10.8 Å². The fourth-order valence-corrected chi connectivity index (χ4v) is 4.62. The first-order valence-corrected chi connectivity index (χ1v) is 12.4. The van der Waals surface area contributed by atoms with Crippen molar-refractivity contribution >= 4 is 39.8 Å². The van der Waals surface area contributed by atoms with Crippen LogP contribution in [0.3, 0.4) is 0 Å². The maximum Gasteiger partial charge on any atom is 0.323 e. The lowest BCUT2D eigenvalue weighted by Gasteiger charge is -2.36. The number of nitrogens with zero attached hydrogens (tertiary/aromatic N) is 2. The van der Waals surface area contributed by atoms with E-state index in [0.717, 1.165) is 52.2 Å². The molecule has 0 aliphatic carbocycles. The summed E-state index contributed by atoms with van der Waals surface area (Å²) in [5.41, 5.74) is 3.55. The van der Waals surface area contributed by atoms with Crippen LogP contribution < -0.4 is 20.3 Å². The zero-order chi connectivity index (χ0) is 25.6. The van der Waals surface area contributed by atoms with E-state index in [1.54, 1.807) is 7.11 Å². The van der Waals surface area contributed by atoms with Gasteiger partial charge in [-0.1, -0.05) is 48.5 Å². The van der Waals surface area contributed by atoms with E-state index < -0.39 is 0 Å². The molecule has 0 atom stereocenters. The fraction of sp³-hybridized carbons (Fsp3) is 0.200. The minimum Gasteiger partial charge on any atom is -0.497 e. The van der Waals surface area contributed by atoms with Gasteiger partial charge in [-0.25, -0.2) is 4.79 Å². The molecule has 1 aliphatic heterocycles. The minimum absolute atomic E-state index is 0.140. The molecule has 5 rings (SSSR count). The van der Waals surface area contributed by atoms with Crippen molar-refractivity contribution in [2.75, 3.05) is 48.8 Å². The maximum absolute atomic E-state index is 12.7. The molecule has 0 aromatic heterocycles. The molecule has 1 saturated heterocycles. The van der Waals surface area contributed by atoms with Crippen molar-refractivity contribution in [1.82, 2.24) is 4.90 Å². The van der Waals surface area contributed by atoms with Gasteiger partial charge in [-0.15, -0.1) is 0 Å². The third-order valence-electron chi connectivity index (χ3n) is 6.67. The van der Waals surface area contributed by atoms with Gasteiger partial charge in [-0.3, -0.25) is 4.79 Å². The molecule has 0 spiro atoms. The summed E-state index contributed by atoms with van der Waals surface area (Å²) in [6, 6.07) is 29.0. The van der Waals surface area contributed by atoms with E-state index >= 15 is 0 Å². The van der Waals surface area contributed by atoms with E-state index in [-0.39, 0.29) is 11.9 Å². The average molecular weight is 495 g/mol. The third kappa shape index (κ3) is 5.83. The highest BCUT2D eigenvalue weighted by molar-refractivity contribution is 6.06. The number of amides is 3. The molecule has 0 unspecified atom stereocenters. The number of ether oxygens (including phenoxy) is 1. The number of carbonyl (C=O) groups excluding carboxylic acids is 2. The van der Waals surface area contributed by atoms with Crippen molar-refractivity contribution in [3.05, 3.63) is 96.6 Å². The molecular formula is C30H30N4O3. The van der Waals surface area contributed by atoms with Crippen LogP contribution in [-0.4, -0.2) is 50.1 Å². The summed E-state index contributed by atoms with van der Waals surface area (Å²) in [6.07, 6.45) is 0.394. The molecule has 0 bridgehead atoms. The standard InChI is InChI=1S/C30H30N4O3/c1-37-26-15-9-22(10-16-26)21-29(35)34-19-17-33(18-20-34)25-13-11-24(12-14-25)31-30(36)32-28-8-4-6-23-5-2-3-7-27(23)28/h2-16H,17-21H2,1H3,(H2,31,32,36). The monoisotopic (exact) mass is 494 g/mol. The maximum atomic E-state index is 12.7. The van der Waals surface area contributed by atoms with E-state index in [2.05, 4.69) is 15.5 Å². The fourth-order valence-electron chi connectivity index (χ4n) is 4.62. The first-order chi connectivity index (χ1) is 18.1. The summed E-state index contributed by atoms with van der Waals surface area (Å²) < 4.78 is 5.18. The largest absolute Gasteiger partial charge is 0.497 e. The van der Waals surface area contributed by atoms with Crippen LogP contribution in [0.2, 0.25) is 0 Å². The summed E-state index contributed by atoms with van der Waals surface area (Å²) >= 11 is 0. The smallest absolute Gasteiger partial charge is 0.323 e. The van der Waals surface area contributed by atoms with Crippen molar-refractivity contribution in [1.29, 1.82) is 0 Å². The Labute approximate surface area is 216 Å². The second-order valence-corrected chi connectivity index (χ2v) is 9.05.